The van der Waals surface area contributed by atoms with Crippen LogP contribution in [0.2, 0.25) is 0 Å². The predicted molar refractivity (Wildman–Crippen MR) is 68.7 cm³/mol. The molecule has 2 amide bonds. The number of nitrogens with zero attached hydrogens (tertiary/aromatic N) is 2. The van der Waals surface area contributed by atoms with Crippen LogP contribution in [0.15, 0.2) is 11.7 Å². The van der Waals surface area contributed by atoms with Crippen molar-refractivity contribution < 1.29 is 14.7 Å². The smallest absolute Gasteiger partial charge is 0.318 e. The topological polar surface area (TPSA) is 82.5 Å². The Morgan fingerprint density at radius 3 is 3.00 bits per heavy atom. The van der Waals surface area contributed by atoms with Crippen molar-refractivity contribution in [2.45, 2.75) is 37.9 Å². The summed E-state index contributed by atoms with van der Waals surface area (Å²) < 4.78 is 0. The number of fused-ring (bicyclic) bond motifs is 2. The van der Waals surface area contributed by atoms with Gasteiger partial charge in [0.15, 0.2) is 0 Å². The van der Waals surface area contributed by atoms with E-state index in [4.69, 9.17) is 5.11 Å². The van der Waals surface area contributed by atoms with Crippen molar-refractivity contribution in [2.75, 3.05) is 0 Å². The molecule has 0 spiro atoms. The first-order valence-corrected chi connectivity index (χ1v) is 7.21. The largest absolute Gasteiger partial charge is 0.481 e. The Balaban J connectivity index is 1.63. The molecule has 0 aromatic carbocycles. The highest BCUT2D eigenvalue weighted by Gasteiger charge is 2.51. The number of hydrogen-bond donors (Lipinski definition) is 2. The molecule has 7 heteroatoms. The Kier molecular flexibility index (Phi) is 3.14. The monoisotopic (exact) mass is 281 g/mol. The summed E-state index contributed by atoms with van der Waals surface area (Å²) in [4.78, 5) is 30.0. The highest BCUT2D eigenvalue weighted by atomic mass is 32.1. The summed E-state index contributed by atoms with van der Waals surface area (Å²) in [6.45, 7) is 0.456. The molecule has 0 radical (unpaired) electrons. The lowest BCUT2D eigenvalue weighted by Gasteiger charge is -2.23. The van der Waals surface area contributed by atoms with E-state index >= 15 is 0 Å². The fourth-order valence-corrected chi connectivity index (χ4v) is 3.69. The summed E-state index contributed by atoms with van der Waals surface area (Å²) >= 11 is 1.49. The molecule has 3 rings (SSSR count). The van der Waals surface area contributed by atoms with E-state index in [9.17, 15) is 9.59 Å². The summed E-state index contributed by atoms with van der Waals surface area (Å²) in [6, 6.07) is -0.193. The van der Waals surface area contributed by atoms with Gasteiger partial charge in [-0.2, -0.15) is 0 Å². The SMILES string of the molecule is O=C(O)C1CC2CCC1N2C(=O)NCc1cncs1. The first-order valence-electron chi connectivity index (χ1n) is 6.33. The molecular weight excluding hydrogens is 266 g/mol. The number of aliphatic carboxylic acids is 1. The zero-order chi connectivity index (χ0) is 13.4. The number of nitrogens with one attached hydrogen (secondary N) is 1. The molecule has 3 heterocycles. The Bertz CT molecular complexity index is 490. The van der Waals surface area contributed by atoms with E-state index in [1.165, 1.54) is 11.3 Å². The molecule has 6 nitrogen and oxygen atoms in total. The molecule has 2 N–H and O–H groups in total. The maximum absolute atomic E-state index is 12.2. The van der Waals surface area contributed by atoms with Gasteiger partial charge in [0.1, 0.15) is 0 Å². The van der Waals surface area contributed by atoms with Crippen LogP contribution in [-0.2, 0) is 11.3 Å². The molecule has 3 unspecified atom stereocenters. The minimum absolute atomic E-state index is 0.0903. The fourth-order valence-electron chi connectivity index (χ4n) is 3.15. The van der Waals surface area contributed by atoms with Crippen LogP contribution in [0.4, 0.5) is 4.79 Å². The number of carbonyl (C=O) groups is 2. The number of amides is 2. The number of aromatic nitrogens is 1. The van der Waals surface area contributed by atoms with Crippen LogP contribution in [0.1, 0.15) is 24.1 Å². The van der Waals surface area contributed by atoms with E-state index in [0.717, 1.165) is 17.7 Å². The quantitative estimate of drug-likeness (QED) is 0.874. The lowest BCUT2D eigenvalue weighted by atomic mass is 9.89. The summed E-state index contributed by atoms with van der Waals surface area (Å²) in [6.07, 6.45) is 4.04. The number of hydrogen-bond acceptors (Lipinski definition) is 4. The second-order valence-corrected chi connectivity index (χ2v) is 5.98. The van der Waals surface area contributed by atoms with Crippen LogP contribution in [0.5, 0.6) is 0 Å². The van der Waals surface area contributed by atoms with Crippen molar-refractivity contribution in [3.05, 3.63) is 16.6 Å². The van der Waals surface area contributed by atoms with Gasteiger partial charge in [0.2, 0.25) is 0 Å². The second kappa shape index (κ2) is 4.80. The molecule has 0 aliphatic carbocycles. The molecule has 2 bridgehead atoms. The van der Waals surface area contributed by atoms with Crippen LogP contribution in [0.3, 0.4) is 0 Å². The molecule has 2 fully saturated rings. The van der Waals surface area contributed by atoms with Gasteiger partial charge >= 0.3 is 12.0 Å². The van der Waals surface area contributed by atoms with Gasteiger partial charge in [0.05, 0.1) is 18.0 Å². The number of carbonyl (C=O) groups excluding carboxylic acids is 1. The van der Waals surface area contributed by atoms with Crippen LogP contribution in [0, 0.1) is 5.92 Å². The van der Waals surface area contributed by atoms with E-state index in [-0.39, 0.29) is 18.1 Å². The standard InChI is InChI=1S/C12H15N3O3S/c16-11(17)9-3-7-1-2-10(9)15(7)12(18)14-5-8-4-13-6-19-8/h4,6-7,9-10H,1-3,5H2,(H,14,18)(H,16,17). The maximum Gasteiger partial charge on any atom is 0.318 e. The van der Waals surface area contributed by atoms with Crippen molar-refractivity contribution in [3.63, 3.8) is 0 Å². The minimum Gasteiger partial charge on any atom is -0.481 e. The van der Waals surface area contributed by atoms with Gasteiger partial charge in [-0.25, -0.2) is 4.79 Å². The van der Waals surface area contributed by atoms with Crippen molar-refractivity contribution in [2.24, 2.45) is 5.92 Å². The van der Waals surface area contributed by atoms with Crippen LogP contribution < -0.4 is 5.32 Å². The van der Waals surface area contributed by atoms with Gasteiger partial charge < -0.3 is 15.3 Å². The van der Waals surface area contributed by atoms with Gasteiger partial charge in [-0.05, 0) is 19.3 Å². The molecule has 1 aromatic heterocycles. The van der Waals surface area contributed by atoms with Crippen LogP contribution in [-0.4, -0.2) is 39.1 Å². The van der Waals surface area contributed by atoms with Crippen molar-refractivity contribution >= 4 is 23.3 Å². The third-order valence-electron chi connectivity index (χ3n) is 3.99. The molecular formula is C12H15N3O3S. The van der Waals surface area contributed by atoms with Crippen LogP contribution >= 0.6 is 11.3 Å². The summed E-state index contributed by atoms with van der Waals surface area (Å²) in [5.74, 6) is -1.18. The Hall–Kier alpha value is -1.63. The number of carboxylic acids is 1. The van der Waals surface area contributed by atoms with Crippen molar-refractivity contribution in [3.8, 4) is 0 Å². The maximum atomic E-state index is 12.2. The molecule has 2 aliphatic rings. The minimum atomic E-state index is -0.785. The molecule has 3 atom stereocenters. The first-order chi connectivity index (χ1) is 9.16. The van der Waals surface area contributed by atoms with Gasteiger partial charge in [-0.15, -0.1) is 11.3 Å². The van der Waals surface area contributed by atoms with E-state index in [1.54, 1.807) is 16.6 Å². The summed E-state index contributed by atoms with van der Waals surface area (Å²) in [5, 5.41) is 12.0. The second-order valence-electron chi connectivity index (χ2n) is 5.01. The molecule has 19 heavy (non-hydrogen) atoms. The van der Waals surface area contributed by atoms with E-state index < -0.39 is 11.9 Å². The predicted octanol–water partition coefficient (Wildman–Crippen LogP) is 1.29. The average molecular weight is 281 g/mol. The third-order valence-corrected chi connectivity index (χ3v) is 4.77. The lowest BCUT2D eigenvalue weighted by Crippen LogP contribution is -2.43. The number of thiazole rings is 1. The normalized spacial score (nSPS) is 28.6. The highest BCUT2D eigenvalue weighted by molar-refractivity contribution is 7.09. The number of rotatable bonds is 3. The van der Waals surface area contributed by atoms with E-state index in [1.807, 2.05) is 0 Å². The zero-order valence-electron chi connectivity index (χ0n) is 10.3. The number of carboxylic acid groups (broad SMARTS) is 1. The Labute approximate surface area is 114 Å². The van der Waals surface area contributed by atoms with E-state index in [2.05, 4.69) is 10.3 Å². The average Bonchev–Trinajstić information content (AvgIpc) is 3.11. The molecule has 2 aliphatic heterocycles. The molecule has 102 valence electrons. The van der Waals surface area contributed by atoms with Crippen molar-refractivity contribution in [1.82, 2.24) is 15.2 Å². The van der Waals surface area contributed by atoms with Gasteiger partial charge in [-0.1, -0.05) is 0 Å². The zero-order valence-corrected chi connectivity index (χ0v) is 11.1. The first kappa shape index (κ1) is 12.4. The van der Waals surface area contributed by atoms with Gasteiger partial charge in [0, 0.05) is 23.2 Å². The van der Waals surface area contributed by atoms with Gasteiger partial charge in [0.25, 0.3) is 0 Å². The molecule has 1 aromatic rings. The number of urea groups is 1. The van der Waals surface area contributed by atoms with Gasteiger partial charge in [-0.3, -0.25) is 9.78 Å². The molecule has 2 saturated heterocycles. The Morgan fingerprint density at radius 2 is 2.37 bits per heavy atom. The van der Waals surface area contributed by atoms with Crippen LogP contribution in [0.25, 0.3) is 0 Å². The third kappa shape index (κ3) is 2.18. The van der Waals surface area contributed by atoms with E-state index in [0.29, 0.717) is 13.0 Å². The Morgan fingerprint density at radius 1 is 1.53 bits per heavy atom. The van der Waals surface area contributed by atoms with Crippen molar-refractivity contribution in [1.29, 1.82) is 0 Å². The fraction of sp³-hybridized carbons (Fsp3) is 0.583. The summed E-state index contributed by atoms with van der Waals surface area (Å²) in [7, 11) is 0. The highest BCUT2D eigenvalue weighted by Crippen LogP contribution is 2.41. The summed E-state index contributed by atoms with van der Waals surface area (Å²) in [5.41, 5.74) is 1.72. The lowest BCUT2D eigenvalue weighted by molar-refractivity contribution is -0.142. The molecule has 0 saturated carbocycles.